The molecule has 9 heteroatoms. The van der Waals surface area contributed by atoms with Gasteiger partial charge in [0.2, 0.25) is 5.91 Å². The minimum Gasteiger partial charge on any atom is -0.480 e. The number of hydrogen-bond donors (Lipinski definition) is 3. The number of halogens is 1. The first-order chi connectivity index (χ1) is 12.0. The van der Waals surface area contributed by atoms with Crippen molar-refractivity contribution in [1.29, 1.82) is 0 Å². The fourth-order valence-electron chi connectivity index (χ4n) is 3.54. The van der Waals surface area contributed by atoms with Crippen molar-refractivity contribution in [2.24, 2.45) is 5.73 Å². The summed E-state index contributed by atoms with van der Waals surface area (Å²) in [4.78, 5) is 38.4. The third-order valence-electron chi connectivity index (χ3n) is 4.92. The van der Waals surface area contributed by atoms with Crippen LogP contribution < -0.4 is 11.1 Å². The number of β-lactam (4-membered cyclic amide) rings is 1. The van der Waals surface area contributed by atoms with E-state index < -0.39 is 45.5 Å². The van der Waals surface area contributed by atoms with Crippen molar-refractivity contribution in [2.45, 2.75) is 48.5 Å². The lowest BCUT2D eigenvalue weighted by molar-refractivity contribution is -0.168. The zero-order valence-corrected chi connectivity index (χ0v) is 17.5. The van der Waals surface area contributed by atoms with Crippen molar-refractivity contribution in [3.8, 4) is 0 Å². The van der Waals surface area contributed by atoms with Gasteiger partial charge in [-0.3, -0.25) is 9.59 Å². The summed E-state index contributed by atoms with van der Waals surface area (Å²) in [6, 6.07) is 5.46. The van der Waals surface area contributed by atoms with Crippen molar-refractivity contribution in [3.05, 3.63) is 33.4 Å². The normalized spacial score (nSPS) is 30.3. The average Bonchev–Trinajstić information content (AvgIpc) is 2.84. The number of carboxylic acid groups (broad SMARTS) is 1. The smallest absolute Gasteiger partial charge is 0.327 e. The average molecular weight is 489 g/mol. The lowest BCUT2D eigenvalue weighted by atomic mass is 9.85. The maximum absolute atomic E-state index is 12.7. The van der Waals surface area contributed by atoms with Crippen LogP contribution in [0.3, 0.4) is 0 Å². The fourth-order valence-corrected chi connectivity index (χ4v) is 5.91. The highest BCUT2D eigenvalue weighted by molar-refractivity contribution is 14.1. The number of amides is 2. The summed E-state index contributed by atoms with van der Waals surface area (Å²) in [5.41, 5.74) is 5.61. The van der Waals surface area contributed by atoms with Crippen LogP contribution in [0.5, 0.6) is 0 Å². The lowest BCUT2D eigenvalue weighted by Crippen LogP contribution is -2.78. The van der Waals surface area contributed by atoms with Crippen LogP contribution in [0, 0.1) is 3.57 Å². The number of thioether (sulfide) groups is 1. The Kier molecular flexibility index (Phi) is 4.77. The summed E-state index contributed by atoms with van der Waals surface area (Å²) in [7, 11) is 0. The molecule has 0 radical (unpaired) electrons. The molecule has 2 amide bonds. The van der Waals surface area contributed by atoms with Gasteiger partial charge in [-0.15, -0.1) is 11.8 Å². The minimum atomic E-state index is -1.17. The number of fused-ring (bicyclic) bond motifs is 1. The maximum atomic E-state index is 12.7. The number of nitrogens with one attached hydrogen (secondary N) is 1. The molecule has 1 aromatic carbocycles. The summed E-state index contributed by atoms with van der Waals surface area (Å²) in [6.45, 7) is 5.22. The largest absolute Gasteiger partial charge is 0.480 e. The number of rotatable bonds is 4. The molecule has 26 heavy (non-hydrogen) atoms. The Morgan fingerprint density at radius 2 is 1.96 bits per heavy atom. The second-order valence-electron chi connectivity index (χ2n) is 7.22. The van der Waals surface area contributed by atoms with Crippen molar-refractivity contribution < 1.29 is 19.5 Å². The quantitative estimate of drug-likeness (QED) is 0.435. The number of nitrogens with zero attached hydrogens (tertiary/aromatic N) is 1. The van der Waals surface area contributed by atoms with Crippen molar-refractivity contribution >= 4 is 52.1 Å². The highest BCUT2D eigenvalue weighted by Gasteiger charge is 2.70. The number of aliphatic carboxylic acids is 1. The van der Waals surface area contributed by atoms with Gasteiger partial charge in [-0.05, 0) is 55.0 Å². The number of benzene rings is 1. The first-order valence-electron chi connectivity index (χ1n) is 8.06. The van der Waals surface area contributed by atoms with Crippen LogP contribution in [0.1, 0.15) is 32.4 Å². The molecule has 4 atom stereocenters. The number of carbonyl (C=O) groups is 3. The van der Waals surface area contributed by atoms with E-state index in [-0.39, 0.29) is 0 Å². The highest BCUT2D eigenvalue weighted by atomic mass is 127. The summed E-state index contributed by atoms with van der Waals surface area (Å²) < 4.78 is 0.216. The molecule has 2 aliphatic heterocycles. The van der Waals surface area contributed by atoms with Gasteiger partial charge in [-0.2, -0.15) is 0 Å². The Morgan fingerprint density at radius 1 is 1.35 bits per heavy atom. The van der Waals surface area contributed by atoms with Crippen LogP contribution in [-0.4, -0.2) is 49.5 Å². The van der Waals surface area contributed by atoms with Crippen LogP contribution >= 0.6 is 34.4 Å². The van der Waals surface area contributed by atoms with E-state index in [0.29, 0.717) is 5.56 Å². The van der Waals surface area contributed by atoms with E-state index >= 15 is 0 Å². The van der Waals surface area contributed by atoms with Gasteiger partial charge in [0.25, 0.3) is 5.91 Å². The van der Waals surface area contributed by atoms with Crippen LogP contribution in [0.15, 0.2) is 24.3 Å². The number of carboxylic acids is 1. The molecule has 140 valence electrons. The molecule has 2 fully saturated rings. The van der Waals surface area contributed by atoms with E-state index in [2.05, 4.69) is 27.9 Å². The number of carbonyl (C=O) groups excluding carboxylic acids is 2. The summed E-state index contributed by atoms with van der Waals surface area (Å²) in [5, 5.41) is 11.8. The van der Waals surface area contributed by atoms with Gasteiger partial charge in [-0.25, -0.2) is 4.79 Å². The first-order valence-corrected chi connectivity index (χ1v) is 10.0. The van der Waals surface area contributed by atoms with Gasteiger partial charge in [0, 0.05) is 8.32 Å². The van der Waals surface area contributed by atoms with E-state index in [9.17, 15) is 19.5 Å². The monoisotopic (exact) mass is 489 g/mol. The maximum Gasteiger partial charge on any atom is 0.327 e. The van der Waals surface area contributed by atoms with E-state index in [0.717, 1.165) is 3.57 Å². The minimum absolute atomic E-state index is 0.392. The second kappa shape index (κ2) is 6.38. The molecular weight excluding hydrogens is 469 g/mol. The molecule has 3 rings (SSSR count). The van der Waals surface area contributed by atoms with Crippen LogP contribution in [-0.2, 0) is 14.4 Å². The summed E-state index contributed by atoms with van der Waals surface area (Å²) >= 11 is 3.49. The lowest BCUT2D eigenvalue weighted by Gasteiger charge is -2.51. The molecule has 0 spiro atoms. The van der Waals surface area contributed by atoms with Gasteiger partial charge in [-0.1, -0.05) is 18.2 Å². The SMILES string of the molecule is CC1(C)S[C@H]2N(C(=O)C2(C)NC(=O)C(N)c2ccccc2I)[C@H]1C(=O)O. The molecular formula is C17H20IN3O4S. The Labute approximate surface area is 169 Å². The zero-order chi connectivity index (χ0) is 19.4. The van der Waals surface area contributed by atoms with Crippen molar-refractivity contribution in [3.63, 3.8) is 0 Å². The zero-order valence-electron chi connectivity index (χ0n) is 14.5. The van der Waals surface area contributed by atoms with Crippen molar-refractivity contribution in [2.75, 3.05) is 0 Å². The predicted molar refractivity (Wildman–Crippen MR) is 106 cm³/mol. The molecule has 4 N–H and O–H groups in total. The van der Waals surface area contributed by atoms with Gasteiger partial charge >= 0.3 is 5.97 Å². The van der Waals surface area contributed by atoms with Gasteiger partial charge in [0.1, 0.15) is 23.0 Å². The number of nitrogens with two attached hydrogens (primary N) is 1. The topological polar surface area (TPSA) is 113 Å². The standard InChI is InChI=1S/C17H20IN3O4S/c1-16(2)11(13(23)24)21-14(25)17(3,15(21)26-16)20-12(22)10(19)8-6-4-5-7-9(8)18/h4-7,10-11,15H,19H2,1-3H3,(H,20,22)(H,23,24)/t10?,11-,15+,17?/m0/s1. The Hall–Kier alpha value is -1.33. The predicted octanol–water partition coefficient (Wildman–Crippen LogP) is 1.31. The molecule has 2 heterocycles. The molecule has 0 aromatic heterocycles. The van der Waals surface area contributed by atoms with E-state index in [4.69, 9.17) is 5.73 Å². The van der Waals surface area contributed by atoms with Gasteiger partial charge < -0.3 is 21.1 Å². The third-order valence-corrected chi connectivity index (χ3v) is 7.65. The van der Waals surface area contributed by atoms with Gasteiger partial charge in [0.05, 0.1) is 0 Å². The first kappa shape index (κ1) is 19.4. The second-order valence-corrected chi connectivity index (χ2v) is 10.1. The fraction of sp³-hybridized carbons (Fsp3) is 0.471. The van der Waals surface area contributed by atoms with E-state index in [1.807, 2.05) is 12.1 Å². The summed E-state index contributed by atoms with van der Waals surface area (Å²) in [6.07, 6.45) is 0. The van der Waals surface area contributed by atoms with E-state index in [1.54, 1.807) is 32.9 Å². The molecule has 0 aliphatic carbocycles. The van der Waals surface area contributed by atoms with Crippen LogP contribution in [0.2, 0.25) is 0 Å². The summed E-state index contributed by atoms with van der Waals surface area (Å²) in [5.74, 6) is -1.89. The molecule has 2 saturated heterocycles. The molecule has 0 saturated carbocycles. The molecule has 2 aliphatic rings. The highest BCUT2D eigenvalue weighted by Crippen LogP contribution is 2.54. The van der Waals surface area contributed by atoms with Crippen molar-refractivity contribution in [1.82, 2.24) is 10.2 Å². The van der Waals surface area contributed by atoms with Crippen LogP contribution in [0.4, 0.5) is 0 Å². The van der Waals surface area contributed by atoms with Gasteiger partial charge in [0.15, 0.2) is 0 Å². The molecule has 2 unspecified atom stereocenters. The molecule has 1 aromatic rings. The Morgan fingerprint density at radius 3 is 2.54 bits per heavy atom. The van der Waals surface area contributed by atoms with E-state index in [1.165, 1.54) is 16.7 Å². The Bertz CT molecular complexity index is 802. The molecule has 0 bridgehead atoms. The Balaban J connectivity index is 1.81. The number of hydrogen-bond acceptors (Lipinski definition) is 5. The third kappa shape index (κ3) is 2.80. The molecule has 7 nitrogen and oxygen atoms in total. The van der Waals surface area contributed by atoms with Crippen LogP contribution in [0.25, 0.3) is 0 Å².